The Morgan fingerprint density at radius 3 is 3.04 bits per heavy atom. The summed E-state index contributed by atoms with van der Waals surface area (Å²) in [5.74, 6) is 0.499. The Morgan fingerprint density at radius 1 is 1.52 bits per heavy atom. The first-order chi connectivity index (χ1) is 11.9. The molecule has 1 unspecified atom stereocenters. The molecular formula is C15H17F3N4O3. The maximum absolute atomic E-state index is 12.7. The highest BCUT2D eigenvalue weighted by Crippen LogP contribution is 2.30. The fourth-order valence-corrected chi connectivity index (χ4v) is 2.78. The van der Waals surface area contributed by atoms with Crippen molar-refractivity contribution in [1.29, 1.82) is 0 Å². The maximum atomic E-state index is 12.7. The molecule has 2 aromatic rings. The minimum absolute atomic E-state index is 0.0251. The van der Waals surface area contributed by atoms with Crippen LogP contribution in [-0.4, -0.2) is 34.3 Å². The van der Waals surface area contributed by atoms with E-state index in [2.05, 4.69) is 15.5 Å². The Hall–Kier alpha value is -2.36. The Kier molecular flexibility index (Phi) is 4.80. The number of hydrogen-bond donors (Lipinski definition) is 1. The number of carbonyl (C=O) groups is 1. The second-order valence-electron chi connectivity index (χ2n) is 5.92. The number of ether oxygens (including phenoxy) is 1. The number of aryl methyl sites for hydroxylation is 1. The average molecular weight is 358 g/mol. The minimum Gasteiger partial charge on any atom is -0.377 e. The molecule has 0 aliphatic carbocycles. The fraction of sp³-hybridized carbons (Fsp3) is 0.533. The summed E-state index contributed by atoms with van der Waals surface area (Å²) in [4.78, 5) is 15.7. The van der Waals surface area contributed by atoms with Crippen LogP contribution >= 0.6 is 0 Å². The van der Waals surface area contributed by atoms with E-state index >= 15 is 0 Å². The van der Waals surface area contributed by atoms with Crippen LogP contribution in [0.15, 0.2) is 16.8 Å². The molecule has 25 heavy (non-hydrogen) atoms. The molecule has 2 aromatic heterocycles. The van der Waals surface area contributed by atoms with Gasteiger partial charge in [0.1, 0.15) is 12.4 Å². The van der Waals surface area contributed by atoms with Crippen LogP contribution in [0.3, 0.4) is 0 Å². The smallest absolute Gasteiger partial charge is 0.377 e. The number of aromatic nitrogens is 3. The number of nitrogens with one attached hydrogen (secondary N) is 1. The lowest BCUT2D eigenvalue weighted by Crippen LogP contribution is -2.33. The summed E-state index contributed by atoms with van der Waals surface area (Å²) in [7, 11) is 1.50. The number of halogens is 3. The van der Waals surface area contributed by atoms with Crippen molar-refractivity contribution in [3.63, 3.8) is 0 Å². The van der Waals surface area contributed by atoms with Crippen LogP contribution < -0.4 is 5.32 Å². The molecule has 0 aromatic carbocycles. The molecule has 1 aliphatic heterocycles. The normalized spacial score (nSPS) is 17.4. The molecule has 0 radical (unpaired) electrons. The molecule has 0 fully saturated rings. The van der Waals surface area contributed by atoms with Crippen LogP contribution in [0.5, 0.6) is 0 Å². The SMILES string of the molecule is COCc1cc(C(=O)NCC2CCc3nc(C(F)(F)F)cn3C2)no1. The van der Waals surface area contributed by atoms with Gasteiger partial charge in [-0.3, -0.25) is 4.79 Å². The second kappa shape index (κ2) is 6.87. The van der Waals surface area contributed by atoms with E-state index in [1.807, 2.05) is 0 Å². The van der Waals surface area contributed by atoms with Crippen molar-refractivity contribution in [2.45, 2.75) is 32.2 Å². The van der Waals surface area contributed by atoms with Gasteiger partial charge in [0.15, 0.2) is 17.1 Å². The molecule has 1 amide bonds. The highest BCUT2D eigenvalue weighted by Gasteiger charge is 2.35. The van der Waals surface area contributed by atoms with E-state index in [0.717, 1.165) is 6.20 Å². The predicted octanol–water partition coefficient (Wildman–Crippen LogP) is 2.03. The summed E-state index contributed by atoms with van der Waals surface area (Å²) in [5.41, 5.74) is -0.731. The summed E-state index contributed by atoms with van der Waals surface area (Å²) < 4.78 is 49.5. The van der Waals surface area contributed by atoms with Gasteiger partial charge in [-0.25, -0.2) is 4.98 Å². The van der Waals surface area contributed by atoms with Crippen LogP contribution in [-0.2, 0) is 30.5 Å². The van der Waals surface area contributed by atoms with Gasteiger partial charge in [0.05, 0.1) is 0 Å². The maximum Gasteiger partial charge on any atom is 0.434 e. The third kappa shape index (κ3) is 4.01. The summed E-state index contributed by atoms with van der Waals surface area (Å²) >= 11 is 0. The van der Waals surface area contributed by atoms with Gasteiger partial charge in [0.2, 0.25) is 0 Å². The molecule has 0 spiro atoms. The predicted molar refractivity (Wildman–Crippen MR) is 78.6 cm³/mol. The van der Waals surface area contributed by atoms with Crippen molar-refractivity contribution in [2.24, 2.45) is 5.92 Å². The highest BCUT2D eigenvalue weighted by atomic mass is 19.4. The third-order valence-electron chi connectivity index (χ3n) is 4.01. The molecule has 1 aliphatic rings. The lowest BCUT2D eigenvalue weighted by atomic mass is 9.99. The zero-order chi connectivity index (χ0) is 18.0. The molecule has 136 valence electrons. The number of hydrogen-bond acceptors (Lipinski definition) is 5. The Morgan fingerprint density at radius 2 is 2.32 bits per heavy atom. The van der Waals surface area contributed by atoms with E-state index in [4.69, 9.17) is 9.26 Å². The third-order valence-corrected chi connectivity index (χ3v) is 4.01. The fourth-order valence-electron chi connectivity index (χ4n) is 2.78. The first kappa shape index (κ1) is 17.5. The Balaban J connectivity index is 1.56. The number of nitrogens with zero attached hydrogens (tertiary/aromatic N) is 3. The molecule has 10 heteroatoms. The molecule has 1 N–H and O–H groups in total. The molecule has 0 saturated heterocycles. The van der Waals surface area contributed by atoms with Crippen molar-refractivity contribution in [1.82, 2.24) is 20.0 Å². The van der Waals surface area contributed by atoms with Crippen LogP contribution in [0.2, 0.25) is 0 Å². The largest absolute Gasteiger partial charge is 0.434 e. The van der Waals surface area contributed by atoms with Crippen molar-refractivity contribution in [3.8, 4) is 0 Å². The van der Waals surface area contributed by atoms with Gasteiger partial charge in [-0.1, -0.05) is 5.16 Å². The number of methoxy groups -OCH3 is 1. The summed E-state index contributed by atoms with van der Waals surface area (Å²) in [5, 5.41) is 6.39. The monoisotopic (exact) mass is 358 g/mol. The highest BCUT2D eigenvalue weighted by molar-refractivity contribution is 5.92. The first-order valence-corrected chi connectivity index (χ1v) is 7.72. The summed E-state index contributed by atoms with van der Waals surface area (Å²) in [6.07, 6.45) is -2.32. The number of carbonyl (C=O) groups excluding carboxylic acids is 1. The molecule has 0 bridgehead atoms. The lowest BCUT2D eigenvalue weighted by Gasteiger charge is -2.23. The van der Waals surface area contributed by atoms with E-state index in [0.29, 0.717) is 37.5 Å². The topological polar surface area (TPSA) is 82.2 Å². The molecule has 0 saturated carbocycles. The first-order valence-electron chi connectivity index (χ1n) is 7.72. The van der Waals surface area contributed by atoms with E-state index < -0.39 is 17.8 Å². The van der Waals surface area contributed by atoms with Gasteiger partial charge >= 0.3 is 6.18 Å². The molecule has 3 heterocycles. The number of imidazole rings is 1. The minimum atomic E-state index is -4.44. The average Bonchev–Trinajstić information content (AvgIpc) is 3.18. The van der Waals surface area contributed by atoms with E-state index in [-0.39, 0.29) is 18.2 Å². The Labute approximate surface area is 141 Å². The standard InChI is InChI=1S/C15H17F3N4O3/c1-24-8-10-4-11(21-25-10)14(23)19-5-9-2-3-13-20-12(15(16,17)18)7-22(13)6-9/h4,7,9H,2-3,5-6,8H2,1H3,(H,19,23). The zero-order valence-corrected chi connectivity index (χ0v) is 13.5. The van der Waals surface area contributed by atoms with Gasteiger partial charge in [-0.2, -0.15) is 13.2 Å². The quantitative estimate of drug-likeness (QED) is 0.884. The molecule has 7 nitrogen and oxygen atoms in total. The van der Waals surface area contributed by atoms with E-state index in [1.165, 1.54) is 17.7 Å². The molecule has 3 rings (SSSR count). The molecule has 1 atom stereocenters. The number of fused-ring (bicyclic) bond motifs is 1. The van der Waals surface area contributed by atoms with Gasteiger partial charge in [-0.05, 0) is 12.3 Å². The van der Waals surface area contributed by atoms with Gasteiger partial charge < -0.3 is 19.1 Å². The number of amides is 1. The van der Waals surface area contributed by atoms with Gasteiger partial charge in [0.25, 0.3) is 5.91 Å². The van der Waals surface area contributed by atoms with Gasteiger partial charge in [0, 0.05) is 38.9 Å². The van der Waals surface area contributed by atoms with E-state index in [9.17, 15) is 18.0 Å². The van der Waals surface area contributed by atoms with Crippen LogP contribution in [0.1, 0.15) is 34.2 Å². The van der Waals surface area contributed by atoms with Crippen molar-refractivity contribution in [3.05, 3.63) is 35.2 Å². The number of alkyl halides is 3. The van der Waals surface area contributed by atoms with Gasteiger partial charge in [-0.15, -0.1) is 0 Å². The number of rotatable bonds is 5. The van der Waals surface area contributed by atoms with Crippen molar-refractivity contribution in [2.75, 3.05) is 13.7 Å². The lowest BCUT2D eigenvalue weighted by molar-refractivity contribution is -0.141. The zero-order valence-electron chi connectivity index (χ0n) is 13.5. The van der Waals surface area contributed by atoms with Crippen molar-refractivity contribution < 1.29 is 27.2 Å². The Bertz CT molecular complexity index is 754. The van der Waals surface area contributed by atoms with Crippen LogP contribution in [0, 0.1) is 5.92 Å². The summed E-state index contributed by atoms with van der Waals surface area (Å²) in [6, 6.07) is 1.49. The van der Waals surface area contributed by atoms with Crippen LogP contribution in [0.4, 0.5) is 13.2 Å². The van der Waals surface area contributed by atoms with Crippen LogP contribution in [0.25, 0.3) is 0 Å². The van der Waals surface area contributed by atoms with E-state index in [1.54, 1.807) is 0 Å². The van der Waals surface area contributed by atoms with Crippen molar-refractivity contribution >= 4 is 5.91 Å². The summed E-state index contributed by atoms with van der Waals surface area (Å²) in [6.45, 7) is 0.935. The second-order valence-corrected chi connectivity index (χ2v) is 5.92. The molecular weight excluding hydrogens is 341 g/mol.